The lowest BCUT2D eigenvalue weighted by Crippen LogP contribution is -2.45. The van der Waals surface area contributed by atoms with Crippen molar-refractivity contribution in [1.29, 1.82) is 0 Å². The number of hydrogen-bond acceptors (Lipinski definition) is 3. The molecule has 0 aromatic heterocycles. The smallest absolute Gasteiger partial charge is 0.412 e. The predicted octanol–water partition coefficient (Wildman–Crippen LogP) is 4.29. The van der Waals surface area contributed by atoms with E-state index in [0.717, 1.165) is 12.0 Å². The van der Waals surface area contributed by atoms with E-state index in [4.69, 9.17) is 9.47 Å². The molecular formula is C18H27NO3. The van der Waals surface area contributed by atoms with Gasteiger partial charge in [-0.05, 0) is 53.5 Å². The van der Waals surface area contributed by atoms with Crippen molar-refractivity contribution in [2.75, 3.05) is 6.54 Å². The lowest BCUT2D eigenvalue weighted by atomic mass is 9.98. The number of fused-ring (bicyclic) bond motifs is 1. The molecule has 122 valence electrons. The molecule has 1 unspecified atom stereocenters. The molecular weight excluding hydrogens is 278 g/mol. The zero-order chi connectivity index (χ0) is 16.5. The first kappa shape index (κ1) is 16.8. The molecule has 4 nitrogen and oxygen atoms in total. The number of ether oxygens (including phenoxy) is 2. The molecule has 2 rings (SSSR count). The maximum absolute atomic E-state index is 12.5. The molecule has 1 aromatic carbocycles. The maximum Gasteiger partial charge on any atom is 0.412 e. The van der Waals surface area contributed by atoms with Gasteiger partial charge in [0.2, 0.25) is 0 Å². The average molecular weight is 305 g/mol. The van der Waals surface area contributed by atoms with Crippen LogP contribution in [-0.4, -0.2) is 28.7 Å². The molecule has 4 heteroatoms. The van der Waals surface area contributed by atoms with Crippen molar-refractivity contribution >= 4 is 6.09 Å². The van der Waals surface area contributed by atoms with E-state index in [2.05, 4.69) is 6.07 Å². The molecule has 0 spiro atoms. The lowest BCUT2D eigenvalue weighted by Gasteiger charge is -2.40. The van der Waals surface area contributed by atoms with Crippen LogP contribution in [0.1, 0.15) is 58.9 Å². The third-order valence-corrected chi connectivity index (χ3v) is 3.32. The highest BCUT2D eigenvalue weighted by Gasteiger charge is 2.36. The molecule has 0 bridgehead atoms. The third-order valence-electron chi connectivity index (χ3n) is 3.32. The summed E-state index contributed by atoms with van der Waals surface area (Å²) in [7, 11) is 0. The Balaban J connectivity index is 2.31. The van der Waals surface area contributed by atoms with E-state index in [0.29, 0.717) is 6.54 Å². The van der Waals surface area contributed by atoms with Gasteiger partial charge in [0.15, 0.2) is 6.23 Å². The van der Waals surface area contributed by atoms with Crippen molar-refractivity contribution in [1.82, 2.24) is 4.90 Å². The summed E-state index contributed by atoms with van der Waals surface area (Å²) in [6, 6.07) is 8.13. The first-order chi connectivity index (χ1) is 10.1. The Labute approximate surface area is 133 Å². The van der Waals surface area contributed by atoms with Gasteiger partial charge in [-0.1, -0.05) is 24.3 Å². The van der Waals surface area contributed by atoms with Crippen LogP contribution in [0.15, 0.2) is 24.3 Å². The number of carbonyl (C=O) groups is 1. The van der Waals surface area contributed by atoms with Gasteiger partial charge < -0.3 is 9.47 Å². The topological polar surface area (TPSA) is 38.8 Å². The van der Waals surface area contributed by atoms with Crippen molar-refractivity contribution in [3.8, 4) is 0 Å². The SMILES string of the molecule is CC(C)(C)OC(=O)N1CCc2ccccc2C1OC(C)(C)C. The Bertz CT molecular complexity index is 540. The zero-order valence-electron chi connectivity index (χ0n) is 14.5. The summed E-state index contributed by atoms with van der Waals surface area (Å²) in [6.45, 7) is 12.2. The number of hydrogen-bond donors (Lipinski definition) is 0. The van der Waals surface area contributed by atoms with E-state index in [9.17, 15) is 4.79 Å². The van der Waals surface area contributed by atoms with Gasteiger partial charge in [0.1, 0.15) is 5.60 Å². The molecule has 0 saturated carbocycles. The second kappa shape index (κ2) is 5.92. The van der Waals surface area contributed by atoms with Gasteiger partial charge in [0.05, 0.1) is 5.60 Å². The monoisotopic (exact) mass is 305 g/mol. The van der Waals surface area contributed by atoms with Gasteiger partial charge in [0.25, 0.3) is 0 Å². The first-order valence-corrected chi connectivity index (χ1v) is 7.82. The first-order valence-electron chi connectivity index (χ1n) is 7.82. The Morgan fingerprint density at radius 3 is 2.32 bits per heavy atom. The van der Waals surface area contributed by atoms with E-state index in [1.807, 2.05) is 59.7 Å². The quantitative estimate of drug-likeness (QED) is 0.776. The normalized spacial score (nSPS) is 18.8. The highest BCUT2D eigenvalue weighted by Crippen LogP contribution is 2.34. The Hall–Kier alpha value is -1.55. The highest BCUT2D eigenvalue weighted by molar-refractivity contribution is 5.69. The minimum absolute atomic E-state index is 0.323. The molecule has 0 aliphatic carbocycles. The van der Waals surface area contributed by atoms with Crippen LogP contribution >= 0.6 is 0 Å². The molecule has 1 aliphatic heterocycles. The Morgan fingerprint density at radius 2 is 1.73 bits per heavy atom. The van der Waals surface area contributed by atoms with Crippen molar-refractivity contribution in [2.45, 2.75) is 65.4 Å². The molecule has 0 fully saturated rings. The Morgan fingerprint density at radius 1 is 1.09 bits per heavy atom. The molecule has 0 N–H and O–H groups in total. The molecule has 1 heterocycles. The van der Waals surface area contributed by atoms with E-state index in [-0.39, 0.29) is 11.7 Å². The van der Waals surface area contributed by atoms with Crippen LogP contribution in [0.5, 0.6) is 0 Å². The lowest BCUT2D eigenvalue weighted by molar-refractivity contribution is -0.136. The number of benzene rings is 1. The van der Waals surface area contributed by atoms with Crippen molar-refractivity contribution in [2.24, 2.45) is 0 Å². The van der Waals surface area contributed by atoms with Crippen LogP contribution in [0.3, 0.4) is 0 Å². The highest BCUT2D eigenvalue weighted by atomic mass is 16.6. The number of amides is 1. The van der Waals surface area contributed by atoms with Crippen molar-refractivity contribution < 1.29 is 14.3 Å². The standard InChI is InChI=1S/C18H27NO3/c1-17(2,3)21-15-14-10-8-7-9-13(14)11-12-19(15)16(20)22-18(4,5)6/h7-10,15H,11-12H2,1-6H3. The molecule has 0 radical (unpaired) electrons. The van der Waals surface area contributed by atoms with Gasteiger partial charge in [-0.15, -0.1) is 0 Å². The van der Waals surface area contributed by atoms with E-state index >= 15 is 0 Å². The van der Waals surface area contributed by atoms with E-state index in [1.54, 1.807) is 4.90 Å². The zero-order valence-corrected chi connectivity index (χ0v) is 14.5. The summed E-state index contributed by atoms with van der Waals surface area (Å²) in [6.07, 6.45) is 0.0930. The van der Waals surface area contributed by atoms with Crippen molar-refractivity contribution in [3.05, 3.63) is 35.4 Å². The van der Waals surface area contributed by atoms with Crippen LogP contribution in [0.2, 0.25) is 0 Å². The van der Waals surface area contributed by atoms with E-state index < -0.39 is 11.8 Å². The molecule has 1 atom stereocenters. The summed E-state index contributed by atoms with van der Waals surface area (Å²) >= 11 is 0. The summed E-state index contributed by atoms with van der Waals surface area (Å²) in [5.74, 6) is 0. The van der Waals surface area contributed by atoms with Crippen molar-refractivity contribution in [3.63, 3.8) is 0 Å². The van der Waals surface area contributed by atoms with E-state index in [1.165, 1.54) is 5.56 Å². The largest absolute Gasteiger partial charge is 0.444 e. The third kappa shape index (κ3) is 4.23. The summed E-state index contributed by atoms with van der Waals surface area (Å²) in [4.78, 5) is 14.2. The predicted molar refractivity (Wildman–Crippen MR) is 86.7 cm³/mol. The summed E-state index contributed by atoms with van der Waals surface area (Å²) < 4.78 is 11.7. The molecule has 1 aliphatic rings. The molecule has 1 amide bonds. The maximum atomic E-state index is 12.5. The fourth-order valence-corrected chi connectivity index (χ4v) is 2.50. The Kier molecular flexibility index (Phi) is 4.52. The fourth-order valence-electron chi connectivity index (χ4n) is 2.50. The minimum atomic E-state index is -0.514. The molecule has 22 heavy (non-hydrogen) atoms. The molecule has 0 saturated heterocycles. The second-order valence-electron chi connectivity index (χ2n) is 7.71. The number of nitrogens with zero attached hydrogens (tertiary/aromatic N) is 1. The van der Waals surface area contributed by atoms with Gasteiger partial charge in [0, 0.05) is 12.1 Å². The summed E-state index contributed by atoms with van der Waals surface area (Å²) in [5.41, 5.74) is 1.42. The van der Waals surface area contributed by atoms with Gasteiger partial charge in [-0.25, -0.2) is 4.79 Å². The van der Waals surface area contributed by atoms with Crippen LogP contribution in [0.4, 0.5) is 4.79 Å². The summed E-state index contributed by atoms with van der Waals surface area (Å²) in [5, 5.41) is 0. The van der Waals surface area contributed by atoms with Gasteiger partial charge >= 0.3 is 6.09 Å². The number of rotatable bonds is 1. The second-order valence-corrected chi connectivity index (χ2v) is 7.71. The van der Waals surface area contributed by atoms with Crippen LogP contribution in [0.25, 0.3) is 0 Å². The number of carbonyl (C=O) groups excluding carboxylic acids is 1. The molecule has 1 aromatic rings. The van der Waals surface area contributed by atoms with Crippen LogP contribution in [0, 0.1) is 0 Å². The fraction of sp³-hybridized carbons (Fsp3) is 0.611. The van der Waals surface area contributed by atoms with Crippen LogP contribution in [-0.2, 0) is 15.9 Å². The average Bonchev–Trinajstić information content (AvgIpc) is 2.35. The van der Waals surface area contributed by atoms with Gasteiger partial charge in [-0.2, -0.15) is 0 Å². The van der Waals surface area contributed by atoms with Gasteiger partial charge in [-0.3, -0.25) is 4.90 Å². The van der Waals surface area contributed by atoms with Crippen LogP contribution < -0.4 is 0 Å². The minimum Gasteiger partial charge on any atom is -0.444 e.